The molecule has 1 saturated heterocycles. The molecule has 0 bridgehead atoms. The van der Waals surface area contributed by atoms with Crippen LogP contribution in [0.1, 0.15) is 28.8 Å². The SMILES string of the molecule is Cc1c[nH]cc1C(=O)NCC(C(=O)O)C1CCOCC1. The Morgan fingerprint density at radius 2 is 2.15 bits per heavy atom. The van der Waals surface area contributed by atoms with Crippen molar-refractivity contribution in [2.75, 3.05) is 19.8 Å². The van der Waals surface area contributed by atoms with Gasteiger partial charge < -0.3 is 20.1 Å². The van der Waals surface area contributed by atoms with E-state index in [0.717, 1.165) is 18.4 Å². The first-order chi connectivity index (χ1) is 9.59. The van der Waals surface area contributed by atoms with E-state index in [1.165, 1.54) is 0 Å². The largest absolute Gasteiger partial charge is 0.481 e. The predicted molar refractivity (Wildman–Crippen MR) is 72.5 cm³/mol. The Balaban J connectivity index is 1.93. The zero-order valence-electron chi connectivity index (χ0n) is 11.5. The summed E-state index contributed by atoms with van der Waals surface area (Å²) < 4.78 is 5.25. The number of ether oxygens (including phenoxy) is 1. The lowest BCUT2D eigenvalue weighted by atomic mass is 9.86. The molecule has 1 atom stereocenters. The molecule has 1 amide bonds. The summed E-state index contributed by atoms with van der Waals surface area (Å²) in [7, 11) is 0. The van der Waals surface area contributed by atoms with Crippen molar-refractivity contribution in [3.63, 3.8) is 0 Å². The van der Waals surface area contributed by atoms with Crippen LogP contribution in [-0.2, 0) is 9.53 Å². The van der Waals surface area contributed by atoms with Crippen LogP contribution in [0.2, 0.25) is 0 Å². The second kappa shape index (κ2) is 6.56. The van der Waals surface area contributed by atoms with Crippen LogP contribution in [-0.4, -0.2) is 41.7 Å². The number of aryl methyl sites for hydroxylation is 1. The van der Waals surface area contributed by atoms with Gasteiger partial charge in [0.05, 0.1) is 11.5 Å². The lowest BCUT2D eigenvalue weighted by Gasteiger charge is -2.27. The first-order valence-corrected chi connectivity index (χ1v) is 6.81. The maximum absolute atomic E-state index is 12.0. The van der Waals surface area contributed by atoms with Crippen LogP contribution in [0.4, 0.5) is 0 Å². The number of nitrogens with one attached hydrogen (secondary N) is 2. The van der Waals surface area contributed by atoms with Gasteiger partial charge in [-0.15, -0.1) is 0 Å². The van der Waals surface area contributed by atoms with Crippen molar-refractivity contribution >= 4 is 11.9 Å². The molecule has 1 aliphatic heterocycles. The number of rotatable bonds is 5. The summed E-state index contributed by atoms with van der Waals surface area (Å²) in [5, 5.41) is 12.0. The van der Waals surface area contributed by atoms with E-state index in [0.29, 0.717) is 18.8 Å². The van der Waals surface area contributed by atoms with E-state index < -0.39 is 11.9 Å². The molecule has 110 valence electrons. The molecule has 6 heteroatoms. The number of hydrogen-bond donors (Lipinski definition) is 3. The molecular weight excluding hydrogens is 260 g/mol. The van der Waals surface area contributed by atoms with Crippen molar-refractivity contribution in [1.82, 2.24) is 10.3 Å². The van der Waals surface area contributed by atoms with Crippen LogP contribution >= 0.6 is 0 Å². The molecule has 1 aromatic heterocycles. The highest BCUT2D eigenvalue weighted by molar-refractivity contribution is 5.95. The van der Waals surface area contributed by atoms with Crippen LogP contribution in [0.15, 0.2) is 12.4 Å². The second-order valence-corrected chi connectivity index (χ2v) is 5.16. The van der Waals surface area contributed by atoms with Gasteiger partial charge in [-0.25, -0.2) is 0 Å². The maximum atomic E-state index is 12.0. The predicted octanol–water partition coefficient (Wildman–Crippen LogP) is 1.18. The molecule has 1 aromatic rings. The van der Waals surface area contributed by atoms with E-state index in [4.69, 9.17) is 4.74 Å². The highest BCUT2D eigenvalue weighted by Crippen LogP contribution is 2.23. The van der Waals surface area contributed by atoms with E-state index in [1.807, 2.05) is 6.92 Å². The van der Waals surface area contributed by atoms with Gasteiger partial charge in [0.25, 0.3) is 5.91 Å². The quantitative estimate of drug-likeness (QED) is 0.755. The standard InChI is InChI=1S/C14H20N2O4/c1-9-6-15-7-11(9)13(17)16-8-12(14(18)19)10-2-4-20-5-3-10/h6-7,10,12,15H,2-5,8H2,1H3,(H,16,17)(H,18,19). The number of amides is 1. The van der Waals surface area contributed by atoms with Crippen LogP contribution in [0.25, 0.3) is 0 Å². The number of H-pyrrole nitrogens is 1. The van der Waals surface area contributed by atoms with E-state index in [9.17, 15) is 14.7 Å². The normalized spacial score (nSPS) is 17.6. The molecule has 0 spiro atoms. The minimum absolute atomic E-state index is 0.0638. The first kappa shape index (κ1) is 14.6. The van der Waals surface area contributed by atoms with Crippen LogP contribution in [0, 0.1) is 18.8 Å². The Labute approximate surface area is 117 Å². The Morgan fingerprint density at radius 1 is 1.45 bits per heavy atom. The first-order valence-electron chi connectivity index (χ1n) is 6.81. The summed E-state index contributed by atoms with van der Waals surface area (Å²) >= 11 is 0. The van der Waals surface area contributed by atoms with E-state index in [2.05, 4.69) is 10.3 Å². The van der Waals surface area contributed by atoms with E-state index in [1.54, 1.807) is 12.4 Å². The number of hydrogen-bond acceptors (Lipinski definition) is 3. The highest BCUT2D eigenvalue weighted by Gasteiger charge is 2.30. The number of aromatic amines is 1. The van der Waals surface area contributed by atoms with Crippen molar-refractivity contribution in [1.29, 1.82) is 0 Å². The molecule has 2 rings (SSSR count). The average Bonchev–Trinajstić information content (AvgIpc) is 2.86. The molecular formula is C14H20N2O4. The van der Waals surface area contributed by atoms with E-state index >= 15 is 0 Å². The topological polar surface area (TPSA) is 91.4 Å². The van der Waals surface area contributed by atoms with Gasteiger partial charge in [0.2, 0.25) is 0 Å². The second-order valence-electron chi connectivity index (χ2n) is 5.16. The van der Waals surface area contributed by atoms with Crippen molar-refractivity contribution in [3.8, 4) is 0 Å². The third-order valence-electron chi connectivity index (χ3n) is 3.83. The zero-order valence-corrected chi connectivity index (χ0v) is 11.5. The third kappa shape index (κ3) is 3.39. The average molecular weight is 280 g/mol. The highest BCUT2D eigenvalue weighted by atomic mass is 16.5. The smallest absolute Gasteiger partial charge is 0.308 e. The Morgan fingerprint density at radius 3 is 2.70 bits per heavy atom. The molecule has 1 fully saturated rings. The lowest BCUT2D eigenvalue weighted by molar-refractivity contribution is -0.144. The van der Waals surface area contributed by atoms with Gasteiger partial charge in [0.15, 0.2) is 0 Å². The molecule has 3 N–H and O–H groups in total. The van der Waals surface area contributed by atoms with Gasteiger partial charge in [-0.2, -0.15) is 0 Å². The Bertz CT molecular complexity index is 477. The summed E-state index contributed by atoms with van der Waals surface area (Å²) in [6.07, 6.45) is 4.82. The fourth-order valence-electron chi connectivity index (χ4n) is 2.56. The number of carboxylic acid groups (broad SMARTS) is 1. The third-order valence-corrected chi connectivity index (χ3v) is 3.83. The fraction of sp³-hybridized carbons (Fsp3) is 0.571. The van der Waals surface area contributed by atoms with Crippen molar-refractivity contribution in [2.24, 2.45) is 11.8 Å². The van der Waals surface area contributed by atoms with Gasteiger partial charge in [-0.3, -0.25) is 9.59 Å². The van der Waals surface area contributed by atoms with Crippen molar-refractivity contribution < 1.29 is 19.4 Å². The minimum Gasteiger partial charge on any atom is -0.481 e. The number of aromatic nitrogens is 1. The van der Waals surface area contributed by atoms with Crippen LogP contribution < -0.4 is 5.32 Å². The molecule has 1 unspecified atom stereocenters. The summed E-state index contributed by atoms with van der Waals surface area (Å²) in [6, 6.07) is 0. The maximum Gasteiger partial charge on any atom is 0.308 e. The number of carbonyl (C=O) groups is 2. The molecule has 20 heavy (non-hydrogen) atoms. The molecule has 1 aliphatic rings. The molecule has 0 radical (unpaired) electrons. The molecule has 0 aliphatic carbocycles. The van der Waals surface area contributed by atoms with Gasteiger partial charge in [-0.1, -0.05) is 0 Å². The van der Waals surface area contributed by atoms with Crippen molar-refractivity contribution in [2.45, 2.75) is 19.8 Å². The van der Waals surface area contributed by atoms with Gasteiger partial charge in [0, 0.05) is 32.2 Å². The Kier molecular flexibility index (Phi) is 4.79. The zero-order chi connectivity index (χ0) is 14.5. The summed E-state index contributed by atoms with van der Waals surface area (Å²) in [4.78, 5) is 26.2. The van der Waals surface area contributed by atoms with Crippen LogP contribution in [0.3, 0.4) is 0 Å². The fourth-order valence-corrected chi connectivity index (χ4v) is 2.56. The summed E-state index contributed by atoms with van der Waals surface area (Å²) in [5.41, 5.74) is 1.40. The van der Waals surface area contributed by atoms with Gasteiger partial charge in [-0.05, 0) is 31.2 Å². The Hall–Kier alpha value is -1.82. The number of carboxylic acids is 1. The minimum atomic E-state index is -0.858. The van der Waals surface area contributed by atoms with E-state index in [-0.39, 0.29) is 18.4 Å². The van der Waals surface area contributed by atoms with Gasteiger partial charge in [0.1, 0.15) is 0 Å². The van der Waals surface area contributed by atoms with Crippen molar-refractivity contribution in [3.05, 3.63) is 23.5 Å². The number of aliphatic carboxylic acids is 1. The summed E-state index contributed by atoms with van der Waals surface area (Å²) in [5.74, 6) is -1.58. The molecule has 0 saturated carbocycles. The molecule has 6 nitrogen and oxygen atoms in total. The molecule has 2 heterocycles. The van der Waals surface area contributed by atoms with Crippen LogP contribution in [0.5, 0.6) is 0 Å². The van der Waals surface area contributed by atoms with Gasteiger partial charge >= 0.3 is 5.97 Å². The lowest BCUT2D eigenvalue weighted by Crippen LogP contribution is -2.39. The summed E-state index contributed by atoms with van der Waals surface area (Å²) in [6.45, 7) is 3.18. The monoisotopic (exact) mass is 280 g/mol. The number of carbonyl (C=O) groups excluding carboxylic acids is 1. The molecule has 0 aromatic carbocycles.